The first kappa shape index (κ1) is 14.0. The predicted molar refractivity (Wildman–Crippen MR) is 73.7 cm³/mol. The van der Waals surface area contributed by atoms with Crippen molar-refractivity contribution in [3.63, 3.8) is 0 Å². The van der Waals surface area contributed by atoms with Crippen LogP contribution >= 0.6 is 11.8 Å². The molecule has 0 aliphatic heterocycles. The van der Waals surface area contributed by atoms with Crippen LogP contribution in [0.3, 0.4) is 0 Å². The van der Waals surface area contributed by atoms with Crippen molar-refractivity contribution in [2.75, 3.05) is 12.3 Å². The number of nitrogens with one attached hydrogen (secondary N) is 1. The maximum Gasteiger partial charge on any atom is 0.230 e. The summed E-state index contributed by atoms with van der Waals surface area (Å²) >= 11 is 1.35. The number of hydrogen-bond acceptors (Lipinski definition) is 5. The van der Waals surface area contributed by atoms with E-state index in [1.54, 1.807) is 11.7 Å². The second-order valence-corrected chi connectivity index (χ2v) is 5.52. The maximum absolute atomic E-state index is 11.7. The summed E-state index contributed by atoms with van der Waals surface area (Å²) in [5.74, 6) is 0.386. The molecule has 1 aromatic heterocycles. The number of aryl methyl sites for hydroxylation is 1. The van der Waals surface area contributed by atoms with Gasteiger partial charge < -0.3 is 5.32 Å². The van der Waals surface area contributed by atoms with E-state index in [9.17, 15) is 4.79 Å². The molecular formula is C12H19N5OS. The summed E-state index contributed by atoms with van der Waals surface area (Å²) < 4.78 is 1.56. The van der Waals surface area contributed by atoms with E-state index < -0.39 is 0 Å². The van der Waals surface area contributed by atoms with E-state index >= 15 is 0 Å². The number of allylic oxidation sites excluding steroid dienone is 1. The average molecular weight is 281 g/mol. The molecule has 104 valence electrons. The van der Waals surface area contributed by atoms with E-state index in [1.165, 1.54) is 43.0 Å². The zero-order valence-corrected chi connectivity index (χ0v) is 11.9. The molecule has 1 amide bonds. The smallest absolute Gasteiger partial charge is 0.230 e. The third kappa shape index (κ3) is 4.66. The Kier molecular flexibility index (Phi) is 5.38. The Bertz CT molecular complexity index is 457. The molecule has 7 heteroatoms. The molecule has 0 saturated heterocycles. The quantitative estimate of drug-likeness (QED) is 0.628. The fourth-order valence-electron chi connectivity index (χ4n) is 2.02. The molecule has 6 nitrogen and oxygen atoms in total. The highest BCUT2D eigenvalue weighted by Gasteiger charge is 2.08. The highest BCUT2D eigenvalue weighted by Crippen LogP contribution is 2.19. The van der Waals surface area contributed by atoms with Gasteiger partial charge in [-0.3, -0.25) is 4.79 Å². The van der Waals surface area contributed by atoms with E-state index in [-0.39, 0.29) is 5.91 Å². The van der Waals surface area contributed by atoms with Gasteiger partial charge in [0, 0.05) is 13.6 Å². The van der Waals surface area contributed by atoms with Crippen molar-refractivity contribution in [1.82, 2.24) is 25.5 Å². The lowest BCUT2D eigenvalue weighted by Crippen LogP contribution is -2.26. The topological polar surface area (TPSA) is 72.7 Å². The van der Waals surface area contributed by atoms with Crippen LogP contribution in [0.4, 0.5) is 0 Å². The molecule has 1 N–H and O–H groups in total. The SMILES string of the molecule is Cn1nnnc1SCC(=O)NCCC1=CCCCC1. The van der Waals surface area contributed by atoms with Gasteiger partial charge in [0.05, 0.1) is 5.75 Å². The highest BCUT2D eigenvalue weighted by atomic mass is 32.2. The van der Waals surface area contributed by atoms with Crippen molar-refractivity contribution in [2.24, 2.45) is 7.05 Å². The van der Waals surface area contributed by atoms with Crippen molar-refractivity contribution in [3.05, 3.63) is 11.6 Å². The Hall–Kier alpha value is -1.37. The fraction of sp³-hybridized carbons (Fsp3) is 0.667. The van der Waals surface area contributed by atoms with E-state index in [4.69, 9.17) is 0 Å². The summed E-state index contributed by atoms with van der Waals surface area (Å²) in [7, 11) is 1.76. The second-order valence-electron chi connectivity index (χ2n) is 4.58. The lowest BCUT2D eigenvalue weighted by Gasteiger charge is -2.12. The number of carbonyl (C=O) groups excluding carboxylic acids is 1. The van der Waals surface area contributed by atoms with Gasteiger partial charge in [-0.05, 0) is 42.5 Å². The van der Waals surface area contributed by atoms with Gasteiger partial charge in [0.1, 0.15) is 0 Å². The van der Waals surface area contributed by atoms with Crippen molar-refractivity contribution < 1.29 is 4.79 Å². The Morgan fingerprint density at radius 1 is 1.53 bits per heavy atom. The fourth-order valence-corrected chi connectivity index (χ4v) is 2.70. The molecular weight excluding hydrogens is 262 g/mol. The summed E-state index contributed by atoms with van der Waals surface area (Å²) in [6, 6.07) is 0. The molecule has 1 aromatic rings. The van der Waals surface area contributed by atoms with Crippen LogP contribution in [0.15, 0.2) is 16.8 Å². The van der Waals surface area contributed by atoms with Gasteiger partial charge >= 0.3 is 0 Å². The van der Waals surface area contributed by atoms with Gasteiger partial charge in [-0.15, -0.1) is 5.10 Å². The van der Waals surface area contributed by atoms with E-state index in [2.05, 4.69) is 26.9 Å². The molecule has 2 rings (SSSR count). The lowest BCUT2D eigenvalue weighted by atomic mass is 9.97. The number of tetrazole rings is 1. The van der Waals surface area contributed by atoms with Crippen LogP contribution in [0.2, 0.25) is 0 Å². The molecule has 1 aliphatic rings. The minimum Gasteiger partial charge on any atom is -0.355 e. The number of nitrogens with zero attached hydrogens (tertiary/aromatic N) is 4. The maximum atomic E-state index is 11.7. The first-order valence-corrected chi connectivity index (χ1v) is 7.54. The highest BCUT2D eigenvalue weighted by molar-refractivity contribution is 7.99. The summed E-state index contributed by atoms with van der Waals surface area (Å²) in [5.41, 5.74) is 1.48. The summed E-state index contributed by atoms with van der Waals surface area (Å²) in [4.78, 5) is 11.7. The molecule has 0 fully saturated rings. The van der Waals surface area contributed by atoms with Gasteiger partial charge in [0.15, 0.2) is 0 Å². The van der Waals surface area contributed by atoms with Crippen LogP contribution in [0, 0.1) is 0 Å². The van der Waals surface area contributed by atoms with Gasteiger partial charge in [-0.1, -0.05) is 23.4 Å². The molecule has 19 heavy (non-hydrogen) atoms. The molecule has 0 aromatic carbocycles. The van der Waals surface area contributed by atoms with Crippen molar-refractivity contribution >= 4 is 17.7 Å². The van der Waals surface area contributed by atoms with Crippen LogP contribution in [0.5, 0.6) is 0 Å². The molecule has 1 heterocycles. The Labute approximate surface area is 117 Å². The van der Waals surface area contributed by atoms with Gasteiger partial charge in [0.2, 0.25) is 11.1 Å². The zero-order valence-electron chi connectivity index (χ0n) is 11.1. The summed E-state index contributed by atoms with van der Waals surface area (Å²) in [5, 5.41) is 14.6. The first-order chi connectivity index (χ1) is 9.25. The molecule has 0 radical (unpaired) electrons. The van der Waals surface area contributed by atoms with E-state index in [0.717, 1.165) is 13.0 Å². The number of aromatic nitrogens is 4. The number of rotatable bonds is 6. The molecule has 0 spiro atoms. The van der Waals surface area contributed by atoms with Crippen molar-refractivity contribution in [2.45, 2.75) is 37.3 Å². The molecule has 0 atom stereocenters. The molecule has 0 unspecified atom stereocenters. The second kappa shape index (κ2) is 7.28. The standard InChI is InChI=1S/C12H19N5OS/c1-17-12(14-15-16-17)19-9-11(18)13-8-7-10-5-3-2-4-6-10/h5H,2-4,6-9H2,1H3,(H,13,18). The number of amides is 1. The molecule has 0 saturated carbocycles. The van der Waals surface area contributed by atoms with Crippen LogP contribution in [-0.2, 0) is 11.8 Å². The third-order valence-corrected chi connectivity index (χ3v) is 4.08. The van der Waals surface area contributed by atoms with Gasteiger partial charge in [0.25, 0.3) is 0 Å². The molecule has 1 aliphatic carbocycles. The van der Waals surface area contributed by atoms with Crippen LogP contribution in [0.1, 0.15) is 32.1 Å². The minimum absolute atomic E-state index is 0.0319. The minimum atomic E-state index is 0.0319. The Balaban J connectivity index is 1.62. The van der Waals surface area contributed by atoms with Crippen LogP contribution < -0.4 is 5.32 Å². The van der Waals surface area contributed by atoms with Crippen molar-refractivity contribution in [3.8, 4) is 0 Å². The van der Waals surface area contributed by atoms with Gasteiger partial charge in [-0.2, -0.15) is 0 Å². The molecule has 0 bridgehead atoms. The summed E-state index contributed by atoms with van der Waals surface area (Å²) in [6.07, 6.45) is 8.26. The van der Waals surface area contributed by atoms with E-state index in [0.29, 0.717) is 10.9 Å². The average Bonchev–Trinajstić information content (AvgIpc) is 2.83. The Morgan fingerprint density at radius 3 is 3.11 bits per heavy atom. The summed E-state index contributed by atoms with van der Waals surface area (Å²) in [6.45, 7) is 0.724. The monoisotopic (exact) mass is 281 g/mol. The zero-order chi connectivity index (χ0) is 13.5. The van der Waals surface area contributed by atoms with Crippen LogP contribution in [-0.4, -0.2) is 38.4 Å². The van der Waals surface area contributed by atoms with Crippen LogP contribution in [0.25, 0.3) is 0 Å². The Morgan fingerprint density at radius 2 is 2.42 bits per heavy atom. The predicted octanol–water partition coefficient (Wildman–Crippen LogP) is 1.31. The number of thioether (sulfide) groups is 1. The number of carbonyl (C=O) groups is 1. The lowest BCUT2D eigenvalue weighted by molar-refractivity contribution is -0.118. The van der Waals surface area contributed by atoms with E-state index in [1.807, 2.05) is 0 Å². The number of hydrogen-bond donors (Lipinski definition) is 1. The first-order valence-electron chi connectivity index (χ1n) is 6.55. The largest absolute Gasteiger partial charge is 0.355 e. The normalized spacial score (nSPS) is 15.1. The third-order valence-electron chi connectivity index (χ3n) is 3.07. The van der Waals surface area contributed by atoms with Gasteiger partial charge in [-0.25, -0.2) is 4.68 Å². The van der Waals surface area contributed by atoms with Crippen molar-refractivity contribution in [1.29, 1.82) is 0 Å².